The smallest absolute Gasteiger partial charge is 0.0943 e. The average molecular weight is 301 g/mol. The van der Waals surface area contributed by atoms with Gasteiger partial charge < -0.3 is 10.1 Å². The number of thiazole rings is 1. The molecule has 0 saturated carbocycles. The Bertz CT molecular complexity index is 540. The van der Waals surface area contributed by atoms with Crippen LogP contribution in [-0.2, 0) is 11.3 Å². The predicted octanol–water partition coefficient (Wildman–Crippen LogP) is 2.26. The van der Waals surface area contributed by atoms with Gasteiger partial charge in [0.05, 0.1) is 46.8 Å². The SMILES string of the molecule is CNC(c1csc(C)n1)c1c(Cl)cnn1CCOC. The molecule has 0 aliphatic carbocycles. The molecule has 0 radical (unpaired) electrons. The van der Waals surface area contributed by atoms with Crippen LogP contribution in [0.1, 0.15) is 22.4 Å². The summed E-state index contributed by atoms with van der Waals surface area (Å²) in [5, 5.41) is 11.3. The van der Waals surface area contributed by atoms with E-state index in [9.17, 15) is 0 Å². The Morgan fingerprint density at radius 3 is 2.95 bits per heavy atom. The topological polar surface area (TPSA) is 52.0 Å². The van der Waals surface area contributed by atoms with Crippen LogP contribution in [0, 0.1) is 6.92 Å². The Hall–Kier alpha value is -0.950. The van der Waals surface area contributed by atoms with Crippen LogP contribution >= 0.6 is 22.9 Å². The minimum Gasteiger partial charge on any atom is -0.383 e. The first-order chi connectivity index (χ1) is 9.17. The maximum absolute atomic E-state index is 6.27. The summed E-state index contributed by atoms with van der Waals surface area (Å²) in [6.45, 7) is 3.25. The van der Waals surface area contributed by atoms with Crippen molar-refractivity contribution in [1.82, 2.24) is 20.1 Å². The molecule has 0 aromatic carbocycles. The molecule has 1 unspecified atom stereocenters. The van der Waals surface area contributed by atoms with E-state index in [1.54, 1.807) is 24.6 Å². The van der Waals surface area contributed by atoms with Crippen LogP contribution in [0.3, 0.4) is 0 Å². The second-order valence-electron chi connectivity index (χ2n) is 4.11. The van der Waals surface area contributed by atoms with Gasteiger partial charge in [0.25, 0.3) is 0 Å². The van der Waals surface area contributed by atoms with Crippen LogP contribution < -0.4 is 5.32 Å². The number of methoxy groups -OCH3 is 1. The quantitative estimate of drug-likeness (QED) is 0.889. The first-order valence-corrected chi connectivity index (χ1v) is 7.22. The van der Waals surface area contributed by atoms with Gasteiger partial charge in [0, 0.05) is 12.5 Å². The maximum atomic E-state index is 6.27. The molecule has 1 N–H and O–H groups in total. The maximum Gasteiger partial charge on any atom is 0.0943 e. The van der Waals surface area contributed by atoms with Gasteiger partial charge in [-0.3, -0.25) is 4.68 Å². The van der Waals surface area contributed by atoms with E-state index in [2.05, 4.69) is 15.4 Å². The third-order valence-corrected chi connectivity index (χ3v) is 3.92. The number of ether oxygens (including phenoxy) is 1. The molecule has 1 atom stereocenters. The third-order valence-electron chi connectivity index (χ3n) is 2.84. The van der Waals surface area contributed by atoms with Gasteiger partial charge in [-0.1, -0.05) is 11.6 Å². The van der Waals surface area contributed by atoms with Gasteiger partial charge in [-0.05, 0) is 14.0 Å². The summed E-state index contributed by atoms with van der Waals surface area (Å²) in [4.78, 5) is 4.53. The Morgan fingerprint density at radius 2 is 2.37 bits per heavy atom. The summed E-state index contributed by atoms with van der Waals surface area (Å²) in [6, 6.07) is -0.0585. The fourth-order valence-electron chi connectivity index (χ4n) is 1.95. The zero-order valence-corrected chi connectivity index (χ0v) is 12.8. The highest BCUT2D eigenvalue weighted by atomic mass is 35.5. The minimum absolute atomic E-state index is 0.0585. The number of hydrogen-bond acceptors (Lipinski definition) is 5. The molecule has 0 spiro atoms. The zero-order valence-electron chi connectivity index (χ0n) is 11.2. The van der Waals surface area contributed by atoms with Gasteiger partial charge >= 0.3 is 0 Å². The second-order valence-corrected chi connectivity index (χ2v) is 5.58. The van der Waals surface area contributed by atoms with Crippen LogP contribution in [-0.4, -0.2) is 35.5 Å². The summed E-state index contributed by atoms with van der Waals surface area (Å²) in [6.07, 6.45) is 1.66. The molecule has 5 nitrogen and oxygen atoms in total. The second kappa shape index (κ2) is 6.47. The lowest BCUT2D eigenvalue weighted by Crippen LogP contribution is -2.23. The van der Waals surface area contributed by atoms with Crippen molar-refractivity contribution in [1.29, 1.82) is 0 Å². The van der Waals surface area contributed by atoms with Gasteiger partial charge in [-0.15, -0.1) is 11.3 Å². The lowest BCUT2D eigenvalue weighted by Gasteiger charge is -2.16. The number of aryl methyl sites for hydroxylation is 1. The molecule has 2 aromatic heterocycles. The number of halogens is 1. The van der Waals surface area contributed by atoms with Gasteiger partial charge in [-0.25, -0.2) is 4.98 Å². The average Bonchev–Trinajstić information content (AvgIpc) is 2.97. The fraction of sp³-hybridized carbons (Fsp3) is 0.500. The molecule has 0 aliphatic heterocycles. The number of aromatic nitrogens is 3. The van der Waals surface area contributed by atoms with Crippen molar-refractivity contribution in [2.45, 2.75) is 19.5 Å². The lowest BCUT2D eigenvalue weighted by atomic mass is 10.1. The van der Waals surface area contributed by atoms with Crippen molar-refractivity contribution in [3.05, 3.63) is 33.0 Å². The van der Waals surface area contributed by atoms with Gasteiger partial charge in [0.1, 0.15) is 0 Å². The first-order valence-electron chi connectivity index (χ1n) is 5.96. The molecular formula is C12H17ClN4OS. The Labute approximate surface area is 121 Å². The molecule has 0 fully saturated rings. The number of hydrogen-bond donors (Lipinski definition) is 1. The Kier molecular flexibility index (Phi) is 4.93. The molecule has 0 aliphatic rings. The van der Waals surface area contributed by atoms with Crippen LogP contribution in [0.25, 0.3) is 0 Å². The van der Waals surface area contributed by atoms with Crippen LogP contribution in [0.15, 0.2) is 11.6 Å². The molecule has 2 heterocycles. The van der Waals surface area contributed by atoms with E-state index in [1.165, 1.54) is 0 Å². The highest BCUT2D eigenvalue weighted by Crippen LogP contribution is 2.28. The van der Waals surface area contributed by atoms with Crippen molar-refractivity contribution in [3.8, 4) is 0 Å². The molecule has 0 amide bonds. The van der Waals surface area contributed by atoms with Gasteiger partial charge in [0.15, 0.2) is 0 Å². The normalized spacial score (nSPS) is 12.8. The predicted molar refractivity (Wildman–Crippen MR) is 76.9 cm³/mol. The standard InChI is InChI=1S/C12H17ClN4OS/c1-8-16-10(7-19-8)11(14-2)12-9(13)6-15-17(12)4-5-18-3/h6-7,11,14H,4-5H2,1-3H3. The summed E-state index contributed by atoms with van der Waals surface area (Å²) >= 11 is 7.89. The Balaban J connectivity index is 2.34. The van der Waals surface area contributed by atoms with E-state index < -0.39 is 0 Å². The largest absolute Gasteiger partial charge is 0.383 e. The molecule has 104 valence electrons. The van der Waals surface area contributed by atoms with E-state index in [4.69, 9.17) is 16.3 Å². The van der Waals surface area contributed by atoms with Crippen LogP contribution in [0.2, 0.25) is 5.02 Å². The summed E-state index contributed by atoms with van der Waals surface area (Å²) in [7, 11) is 3.56. The number of rotatable bonds is 6. The highest BCUT2D eigenvalue weighted by Gasteiger charge is 2.22. The summed E-state index contributed by atoms with van der Waals surface area (Å²) < 4.78 is 6.96. The monoisotopic (exact) mass is 300 g/mol. The van der Waals surface area contributed by atoms with Crippen molar-refractivity contribution in [2.24, 2.45) is 0 Å². The van der Waals surface area contributed by atoms with Crippen LogP contribution in [0.5, 0.6) is 0 Å². The molecular weight excluding hydrogens is 284 g/mol. The van der Waals surface area contributed by atoms with Gasteiger partial charge in [0.2, 0.25) is 0 Å². The molecule has 19 heavy (non-hydrogen) atoms. The van der Waals surface area contributed by atoms with E-state index in [0.29, 0.717) is 18.2 Å². The Morgan fingerprint density at radius 1 is 1.58 bits per heavy atom. The van der Waals surface area contributed by atoms with Crippen molar-refractivity contribution < 1.29 is 4.74 Å². The van der Waals surface area contributed by atoms with Crippen molar-refractivity contribution in [3.63, 3.8) is 0 Å². The first kappa shape index (κ1) is 14.5. The minimum atomic E-state index is -0.0585. The number of nitrogens with zero attached hydrogens (tertiary/aromatic N) is 3. The third kappa shape index (κ3) is 3.14. The summed E-state index contributed by atoms with van der Waals surface area (Å²) in [5.74, 6) is 0. The zero-order chi connectivity index (χ0) is 13.8. The van der Waals surface area contributed by atoms with Gasteiger partial charge in [-0.2, -0.15) is 5.10 Å². The molecule has 2 aromatic rings. The lowest BCUT2D eigenvalue weighted by molar-refractivity contribution is 0.182. The van der Waals surface area contributed by atoms with E-state index in [1.807, 2.05) is 24.0 Å². The number of nitrogens with one attached hydrogen (secondary N) is 1. The van der Waals surface area contributed by atoms with Crippen molar-refractivity contribution in [2.75, 3.05) is 20.8 Å². The van der Waals surface area contributed by atoms with Crippen molar-refractivity contribution >= 4 is 22.9 Å². The molecule has 0 saturated heterocycles. The van der Waals surface area contributed by atoms with E-state index in [0.717, 1.165) is 16.4 Å². The molecule has 7 heteroatoms. The highest BCUT2D eigenvalue weighted by molar-refractivity contribution is 7.09. The molecule has 0 bridgehead atoms. The fourth-order valence-corrected chi connectivity index (χ4v) is 2.84. The summed E-state index contributed by atoms with van der Waals surface area (Å²) in [5.41, 5.74) is 1.89. The van der Waals surface area contributed by atoms with Crippen LogP contribution in [0.4, 0.5) is 0 Å². The molecule has 2 rings (SSSR count). The van der Waals surface area contributed by atoms with E-state index >= 15 is 0 Å². The van der Waals surface area contributed by atoms with E-state index in [-0.39, 0.29) is 6.04 Å².